The number of ether oxygens (including phenoxy) is 2. The minimum atomic E-state index is -0.451. The lowest BCUT2D eigenvalue weighted by atomic mass is 10.2. The molecule has 7 nitrogen and oxygen atoms in total. The molecule has 0 saturated heterocycles. The van der Waals surface area contributed by atoms with Crippen LogP contribution < -0.4 is 10.3 Å². The van der Waals surface area contributed by atoms with E-state index in [1.165, 1.54) is 11.8 Å². The average Bonchev–Trinajstić information content (AvgIpc) is 2.72. The summed E-state index contributed by atoms with van der Waals surface area (Å²) in [6, 6.07) is 9.16. The van der Waals surface area contributed by atoms with Crippen LogP contribution in [0.1, 0.15) is 31.2 Å². The van der Waals surface area contributed by atoms with Crippen molar-refractivity contribution in [2.24, 2.45) is 5.10 Å². The Morgan fingerprint density at radius 3 is 2.55 bits per heavy atom. The van der Waals surface area contributed by atoms with E-state index >= 15 is 0 Å². The summed E-state index contributed by atoms with van der Waals surface area (Å²) in [7, 11) is 1.31. The Hall–Kier alpha value is -1.54. The minimum absolute atomic E-state index is 0.00673. The van der Waals surface area contributed by atoms with E-state index in [0.29, 0.717) is 22.5 Å². The fourth-order valence-electron chi connectivity index (χ4n) is 2.76. The van der Waals surface area contributed by atoms with Crippen molar-refractivity contribution in [3.05, 3.63) is 63.7 Å². The van der Waals surface area contributed by atoms with Crippen molar-refractivity contribution >= 4 is 84.2 Å². The van der Waals surface area contributed by atoms with E-state index in [2.05, 4.69) is 75.9 Å². The SMILES string of the molecule is COC(=O)COc1c(I)cc(C=Nn2c(C(C)C)nc3ccc(Br)cc3c2=O)cc1I. The van der Waals surface area contributed by atoms with Gasteiger partial charge in [0.05, 0.1) is 31.4 Å². The van der Waals surface area contributed by atoms with E-state index in [1.54, 1.807) is 12.3 Å². The van der Waals surface area contributed by atoms with Crippen LogP contribution in [0.5, 0.6) is 5.75 Å². The number of methoxy groups -OCH3 is 1. The molecule has 0 N–H and O–H groups in total. The zero-order valence-corrected chi connectivity index (χ0v) is 22.8. The molecule has 0 aliphatic carbocycles. The number of carbonyl (C=O) groups excluding carboxylic acids is 1. The Morgan fingerprint density at radius 1 is 1.26 bits per heavy atom. The molecule has 0 unspecified atom stereocenters. The molecule has 0 atom stereocenters. The summed E-state index contributed by atoms with van der Waals surface area (Å²) in [6.07, 6.45) is 1.62. The molecule has 3 rings (SSSR count). The lowest BCUT2D eigenvalue weighted by molar-refractivity contribution is -0.142. The summed E-state index contributed by atoms with van der Waals surface area (Å²) >= 11 is 7.67. The molecule has 31 heavy (non-hydrogen) atoms. The summed E-state index contributed by atoms with van der Waals surface area (Å²) in [5, 5.41) is 4.95. The molecule has 0 bridgehead atoms. The second kappa shape index (κ2) is 10.4. The number of hydrogen-bond donors (Lipinski definition) is 0. The van der Waals surface area contributed by atoms with Crippen LogP contribution in [0.3, 0.4) is 0 Å². The second-order valence-electron chi connectivity index (χ2n) is 6.83. The van der Waals surface area contributed by atoms with Gasteiger partial charge in [0.15, 0.2) is 6.61 Å². The first-order valence-corrected chi connectivity index (χ1v) is 12.1. The van der Waals surface area contributed by atoms with Gasteiger partial charge in [-0.2, -0.15) is 9.78 Å². The highest BCUT2D eigenvalue weighted by Gasteiger charge is 2.14. The van der Waals surface area contributed by atoms with Crippen LogP contribution in [0.25, 0.3) is 10.9 Å². The van der Waals surface area contributed by atoms with Gasteiger partial charge in [0.1, 0.15) is 11.6 Å². The molecule has 162 valence electrons. The van der Waals surface area contributed by atoms with E-state index in [9.17, 15) is 9.59 Å². The maximum atomic E-state index is 13.1. The van der Waals surface area contributed by atoms with Gasteiger partial charge in [0.2, 0.25) is 0 Å². The first kappa shape index (κ1) is 24.1. The maximum absolute atomic E-state index is 13.1. The van der Waals surface area contributed by atoms with Crippen LogP contribution in [0.4, 0.5) is 0 Å². The number of fused-ring (bicyclic) bond motifs is 1. The first-order chi connectivity index (χ1) is 14.7. The number of aromatic nitrogens is 2. The molecule has 10 heteroatoms. The summed E-state index contributed by atoms with van der Waals surface area (Å²) in [5.74, 6) is 0.736. The fourth-order valence-corrected chi connectivity index (χ4v) is 5.25. The lowest BCUT2D eigenvalue weighted by Crippen LogP contribution is -2.23. The van der Waals surface area contributed by atoms with Crippen LogP contribution in [0, 0.1) is 7.14 Å². The largest absolute Gasteiger partial charge is 0.480 e. The summed E-state index contributed by atoms with van der Waals surface area (Å²) in [6.45, 7) is 3.77. The number of rotatable bonds is 6. The third kappa shape index (κ3) is 5.64. The lowest BCUT2D eigenvalue weighted by Gasteiger charge is -2.12. The van der Waals surface area contributed by atoms with Crippen LogP contribution in [-0.4, -0.2) is 35.6 Å². The van der Waals surface area contributed by atoms with Crippen molar-refractivity contribution in [2.75, 3.05) is 13.7 Å². The molecule has 1 heterocycles. The molecular formula is C21H18BrI2N3O4. The third-order valence-corrected chi connectivity index (χ3v) is 6.35. The smallest absolute Gasteiger partial charge is 0.343 e. The molecule has 0 spiro atoms. The molecule has 0 fully saturated rings. The third-order valence-electron chi connectivity index (χ3n) is 4.25. The van der Waals surface area contributed by atoms with Crippen molar-refractivity contribution in [3.8, 4) is 5.75 Å². The Labute approximate surface area is 214 Å². The predicted molar refractivity (Wildman–Crippen MR) is 140 cm³/mol. The Morgan fingerprint density at radius 2 is 1.94 bits per heavy atom. The van der Waals surface area contributed by atoms with Crippen LogP contribution >= 0.6 is 61.1 Å². The number of carbonyl (C=O) groups is 1. The molecule has 0 radical (unpaired) electrons. The van der Waals surface area contributed by atoms with Crippen molar-refractivity contribution in [1.29, 1.82) is 0 Å². The van der Waals surface area contributed by atoms with E-state index in [0.717, 1.165) is 17.2 Å². The molecule has 1 aromatic heterocycles. The summed E-state index contributed by atoms with van der Waals surface area (Å²) in [4.78, 5) is 29.1. The van der Waals surface area contributed by atoms with Gasteiger partial charge in [0, 0.05) is 10.4 Å². The molecule has 0 aliphatic heterocycles. The number of nitrogens with zero attached hydrogens (tertiary/aromatic N) is 3. The quantitative estimate of drug-likeness (QED) is 0.206. The first-order valence-electron chi connectivity index (χ1n) is 9.16. The molecule has 3 aromatic rings. The Bertz CT molecular complexity index is 1220. The van der Waals surface area contributed by atoms with Crippen LogP contribution in [0.2, 0.25) is 0 Å². The number of esters is 1. The van der Waals surface area contributed by atoms with Crippen molar-refractivity contribution in [2.45, 2.75) is 19.8 Å². The van der Waals surface area contributed by atoms with Gasteiger partial charge in [-0.3, -0.25) is 4.79 Å². The standard InChI is InChI=1S/C21H18BrI2N3O4/c1-11(2)20-26-17-5-4-13(22)8-14(17)21(29)27(20)25-9-12-6-15(23)19(16(24)7-12)31-10-18(28)30-3/h4-9,11H,10H2,1-3H3. The molecule has 0 aliphatic rings. The summed E-state index contributed by atoms with van der Waals surface area (Å²) < 4.78 is 14.0. The van der Waals surface area contributed by atoms with Gasteiger partial charge in [-0.1, -0.05) is 29.8 Å². The topological polar surface area (TPSA) is 82.8 Å². The summed E-state index contributed by atoms with van der Waals surface area (Å²) in [5.41, 5.74) is 1.20. The van der Waals surface area contributed by atoms with E-state index < -0.39 is 5.97 Å². The monoisotopic (exact) mass is 709 g/mol. The number of benzene rings is 2. The van der Waals surface area contributed by atoms with E-state index in [-0.39, 0.29) is 18.1 Å². The highest BCUT2D eigenvalue weighted by atomic mass is 127. The maximum Gasteiger partial charge on any atom is 0.343 e. The van der Waals surface area contributed by atoms with Gasteiger partial charge in [0.25, 0.3) is 5.56 Å². The van der Waals surface area contributed by atoms with Gasteiger partial charge in [-0.05, 0) is 81.1 Å². The van der Waals surface area contributed by atoms with Crippen molar-refractivity contribution in [3.63, 3.8) is 0 Å². The molecule has 0 saturated carbocycles. The van der Waals surface area contributed by atoms with Gasteiger partial charge in [-0.25, -0.2) is 9.78 Å². The number of hydrogen-bond acceptors (Lipinski definition) is 6. The zero-order valence-electron chi connectivity index (χ0n) is 16.9. The average molecular weight is 710 g/mol. The Balaban J connectivity index is 2.01. The van der Waals surface area contributed by atoms with Crippen LogP contribution in [-0.2, 0) is 9.53 Å². The Kier molecular flexibility index (Phi) is 8.08. The van der Waals surface area contributed by atoms with Crippen molar-refractivity contribution < 1.29 is 14.3 Å². The van der Waals surface area contributed by atoms with Crippen molar-refractivity contribution in [1.82, 2.24) is 9.66 Å². The van der Waals surface area contributed by atoms with Gasteiger partial charge < -0.3 is 9.47 Å². The highest BCUT2D eigenvalue weighted by molar-refractivity contribution is 14.1. The minimum Gasteiger partial charge on any atom is -0.480 e. The molecular weight excluding hydrogens is 692 g/mol. The highest BCUT2D eigenvalue weighted by Crippen LogP contribution is 2.28. The van der Waals surface area contributed by atoms with Gasteiger partial charge in [-0.15, -0.1) is 0 Å². The zero-order chi connectivity index (χ0) is 22.7. The predicted octanol–water partition coefficient (Wildman–Crippen LogP) is 4.93. The van der Waals surface area contributed by atoms with E-state index in [1.807, 2.05) is 38.1 Å². The fraction of sp³-hybridized carbons (Fsp3) is 0.238. The van der Waals surface area contributed by atoms with E-state index in [4.69, 9.17) is 4.74 Å². The van der Waals surface area contributed by atoms with Gasteiger partial charge >= 0.3 is 5.97 Å². The van der Waals surface area contributed by atoms with Crippen LogP contribution in [0.15, 0.2) is 44.7 Å². The molecule has 0 amide bonds. The second-order valence-corrected chi connectivity index (χ2v) is 10.1. The normalized spacial score (nSPS) is 11.5. The molecule has 2 aromatic carbocycles. The number of halogens is 3.